The standard InChI is InChI=1S/C20H20N4O2/c25-19(23-16-12-13-21-20(16)26)11-10-18-22-15-8-4-5-9-17(15)24(18)14-6-2-1-3-7-14/h1-9,16H,10-13H2,(H,21,26)(H,23,25). The normalized spacial score (nSPS) is 16.6. The molecular weight excluding hydrogens is 328 g/mol. The number of carbonyl (C=O) groups excluding carboxylic acids is 2. The molecule has 1 unspecified atom stereocenters. The molecule has 2 amide bonds. The van der Waals surface area contributed by atoms with Crippen molar-refractivity contribution in [1.29, 1.82) is 0 Å². The Bertz CT molecular complexity index is 949. The molecule has 1 saturated heterocycles. The largest absolute Gasteiger partial charge is 0.354 e. The molecule has 2 heterocycles. The average Bonchev–Trinajstić information content (AvgIpc) is 3.24. The number of benzene rings is 2. The van der Waals surface area contributed by atoms with Crippen molar-refractivity contribution in [2.45, 2.75) is 25.3 Å². The van der Waals surface area contributed by atoms with E-state index in [1.54, 1.807) is 0 Å². The highest BCUT2D eigenvalue weighted by Gasteiger charge is 2.25. The number of para-hydroxylation sites is 3. The second-order valence-electron chi connectivity index (χ2n) is 6.39. The SMILES string of the molecule is O=C(CCc1nc2ccccc2n1-c1ccccc1)NC1CCNC1=O. The van der Waals surface area contributed by atoms with Crippen molar-refractivity contribution >= 4 is 22.8 Å². The number of amides is 2. The van der Waals surface area contributed by atoms with Gasteiger partial charge in [-0.25, -0.2) is 4.98 Å². The lowest BCUT2D eigenvalue weighted by Gasteiger charge is -2.11. The Balaban J connectivity index is 1.56. The van der Waals surface area contributed by atoms with Crippen LogP contribution in [0.4, 0.5) is 0 Å². The number of hydrogen-bond donors (Lipinski definition) is 2. The van der Waals surface area contributed by atoms with Crippen molar-refractivity contribution in [3.8, 4) is 5.69 Å². The molecule has 2 N–H and O–H groups in total. The molecule has 1 aromatic heterocycles. The van der Waals surface area contributed by atoms with Gasteiger partial charge in [-0.15, -0.1) is 0 Å². The number of aryl methyl sites for hydroxylation is 1. The predicted octanol–water partition coefficient (Wildman–Crippen LogP) is 1.96. The third kappa shape index (κ3) is 3.18. The van der Waals surface area contributed by atoms with Gasteiger partial charge in [0.05, 0.1) is 11.0 Å². The summed E-state index contributed by atoms with van der Waals surface area (Å²) in [5.74, 6) is 0.608. The summed E-state index contributed by atoms with van der Waals surface area (Å²) in [5, 5.41) is 5.53. The summed E-state index contributed by atoms with van der Waals surface area (Å²) in [4.78, 5) is 28.6. The van der Waals surface area contributed by atoms with Gasteiger partial charge in [-0.05, 0) is 30.7 Å². The first kappa shape index (κ1) is 16.3. The third-order valence-corrected chi connectivity index (χ3v) is 4.60. The van der Waals surface area contributed by atoms with E-state index >= 15 is 0 Å². The lowest BCUT2D eigenvalue weighted by Crippen LogP contribution is -2.40. The minimum atomic E-state index is -0.407. The zero-order valence-electron chi connectivity index (χ0n) is 14.3. The van der Waals surface area contributed by atoms with Crippen molar-refractivity contribution in [2.75, 3.05) is 6.54 Å². The topological polar surface area (TPSA) is 76.0 Å². The molecular formula is C20H20N4O2. The number of imidazole rings is 1. The number of nitrogens with one attached hydrogen (secondary N) is 2. The molecule has 6 heteroatoms. The van der Waals surface area contributed by atoms with Crippen LogP contribution in [0.3, 0.4) is 0 Å². The Morgan fingerprint density at radius 1 is 1.15 bits per heavy atom. The van der Waals surface area contributed by atoms with Gasteiger partial charge in [-0.1, -0.05) is 30.3 Å². The maximum atomic E-state index is 12.3. The van der Waals surface area contributed by atoms with Crippen molar-refractivity contribution in [3.05, 3.63) is 60.4 Å². The van der Waals surface area contributed by atoms with Gasteiger partial charge in [0.25, 0.3) is 0 Å². The molecule has 0 aliphatic carbocycles. The minimum absolute atomic E-state index is 0.102. The monoisotopic (exact) mass is 348 g/mol. The van der Waals surface area contributed by atoms with Crippen LogP contribution >= 0.6 is 0 Å². The molecule has 0 radical (unpaired) electrons. The zero-order chi connectivity index (χ0) is 17.9. The third-order valence-electron chi connectivity index (χ3n) is 4.60. The van der Waals surface area contributed by atoms with E-state index in [4.69, 9.17) is 4.98 Å². The number of aromatic nitrogens is 2. The van der Waals surface area contributed by atoms with E-state index in [2.05, 4.69) is 15.2 Å². The Kier molecular flexibility index (Phi) is 4.39. The Morgan fingerprint density at radius 3 is 2.69 bits per heavy atom. The van der Waals surface area contributed by atoms with Crippen LogP contribution in [0, 0.1) is 0 Å². The first-order valence-electron chi connectivity index (χ1n) is 8.81. The lowest BCUT2D eigenvalue weighted by atomic mass is 10.2. The fourth-order valence-electron chi connectivity index (χ4n) is 3.33. The maximum Gasteiger partial charge on any atom is 0.242 e. The molecule has 1 aliphatic rings. The molecule has 132 valence electrons. The summed E-state index contributed by atoms with van der Waals surface area (Å²) in [6.07, 6.45) is 1.44. The van der Waals surface area contributed by atoms with E-state index in [9.17, 15) is 9.59 Å². The summed E-state index contributed by atoms with van der Waals surface area (Å²) >= 11 is 0. The van der Waals surface area contributed by atoms with Crippen LogP contribution < -0.4 is 10.6 Å². The number of nitrogens with zero attached hydrogens (tertiary/aromatic N) is 2. The smallest absolute Gasteiger partial charge is 0.242 e. The van der Waals surface area contributed by atoms with E-state index in [1.807, 2.05) is 54.6 Å². The van der Waals surface area contributed by atoms with E-state index in [0.29, 0.717) is 25.8 Å². The summed E-state index contributed by atoms with van der Waals surface area (Å²) in [7, 11) is 0. The molecule has 0 spiro atoms. The Hall–Kier alpha value is -3.15. The predicted molar refractivity (Wildman–Crippen MR) is 98.9 cm³/mol. The molecule has 1 fully saturated rings. The highest BCUT2D eigenvalue weighted by Crippen LogP contribution is 2.22. The van der Waals surface area contributed by atoms with Gasteiger partial charge < -0.3 is 10.6 Å². The molecule has 0 bridgehead atoms. The van der Waals surface area contributed by atoms with Gasteiger partial charge >= 0.3 is 0 Å². The fraction of sp³-hybridized carbons (Fsp3) is 0.250. The van der Waals surface area contributed by atoms with Gasteiger partial charge in [0, 0.05) is 25.1 Å². The number of fused-ring (bicyclic) bond motifs is 1. The highest BCUT2D eigenvalue weighted by molar-refractivity contribution is 5.89. The van der Waals surface area contributed by atoms with E-state index < -0.39 is 6.04 Å². The first-order valence-corrected chi connectivity index (χ1v) is 8.81. The van der Waals surface area contributed by atoms with Crippen molar-refractivity contribution in [1.82, 2.24) is 20.2 Å². The van der Waals surface area contributed by atoms with Crippen molar-refractivity contribution < 1.29 is 9.59 Å². The van der Waals surface area contributed by atoms with Crippen LogP contribution in [0.1, 0.15) is 18.7 Å². The highest BCUT2D eigenvalue weighted by atomic mass is 16.2. The second kappa shape index (κ2) is 7.00. The molecule has 3 aromatic rings. The molecule has 1 atom stereocenters. The van der Waals surface area contributed by atoms with Gasteiger partial charge in [0.15, 0.2) is 0 Å². The van der Waals surface area contributed by atoms with Crippen LogP contribution in [0.5, 0.6) is 0 Å². The van der Waals surface area contributed by atoms with Gasteiger partial charge in [-0.3, -0.25) is 14.2 Å². The summed E-state index contributed by atoms with van der Waals surface area (Å²) in [5.41, 5.74) is 2.94. The van der Waals surface area contributed by atoms with Crippen molar-refractivity contribution in [3.63, 3.8) is 0 Å². The maximum absolute atomic E-state index is 12.3. The van der Waals surface area contributed by atoms with Crippen LogP contribution in [0.2, 0.25) is 0 Å². The number of rotatable bonds is 5. The average molecular weight is 348 g/mol. The quantitative estimate of drug-likeness (QED) is 0.740. The Morgan fingerprint density at radius 2 is 1.92 bits per heavy atom. The Labute approximate surface area is 151 Å². The van der Waals surface area contributed by atoms with Crippen molar-refractivity contribution in [2.24, 2.45) is 0 Å². The summed E-state index contributed by atoms with van der Waals surface area (Å²) in [6.45, 7) is 0.619. The van der Waals surface area contributed by atoms with Gasteiger partial charge in [0.2, 0.25) is 11.8 Å². The second-order valence-corrected chi connectivity index (χ2v) is 6.39. The molecule has 26 heavy (non-hydrogen) atoms. The molecule has 2 aromatic carbocycles. The molecule has 0 saturated carbocycles. The minimum Gasteiger partial charge on any atom is -0.354 e. The fourth-order valence-corrected chi connectivity index (χ4v) is 3.33. The summed E-state index contributed by atoms with van der Waals surface area (Å²) in [6, 6.07) is 17.5. The summed E-state index contributed by atoms with van der Waals surface area (Å²) < 4.78 is 2.09. The number of carbonyl (C=O) groups is 2. The molecule has 6 nitrogen and oxygen atoms in total. The van der Waals surface area contributed by atoms with Crippen LogP contribution in [0.25, 0.3) is 16.7 Å². The lowest BCUT2D eigenvalue weighted by molar-refractivity contribution is -0.127. The van der Waals surface area contributed by atoms with E-state index in [1.165, 1.54) is 0 Å². The molecule has 1 aliphatic heterocycles. The van der Waals surface area contributed by atoms with Crippen LogP contribution in [-0.2, 0) is 16.0 Å². The van der Waals surface area contributed by atoms with Gasteiger partial charge in [0.1, 0.15) is 11.9 Å². The van der Waals surface area contributed by atoms with E-state index in [-0.39, 0.29) is 11.8 Å². The zero-order valence-corrected chi connectivity index (χ0v) is 14.3. The van der Waals surface area contributed by atoms with Crippen LogP contribution in [-0.4, -0.2) is 34.0 Å². The van der Waals surface area contributed by atoms with Crippen LogP contribution in [0.15, 0.2) is 54.6 Å². The first-order chi connectivity index (χ1) is 12.7. The molecule has 4 rings (SSSR count). The number of hydrogen-bond acceptors (Lipinski definition) is 3. The van der Waals surface area contributed by atoms with E-state index in [0.717, 1.165) is 22.5 Å². The van der Waals surface area contributed by atoms with Gasteiger partial charge in [-0.2, -0.15) is 0 Å².